The van der Waals surface area contributed by atoms with Crippen LogP contribution in [0.15, 0.2) is 0 Å². The van der Waals surface area contributed by atoms with Crippen LogP contribution < -0.4 is 10.6 Å². The zero-order valence-corrected chi connectivity index (χ0v) is 6.69. The van der Waals surface area contributed by atoms with Crippen molar-refractivity contribution in [1.29, 1.82) is 0 Å². The van der Waals surface area contributed by atoms with E-state index in [2.05, 4.69) is 0 Å². The molecule has 13 heavy (non-hydrogen) atoms. The van der Waals surface area contributed by atoms with Crippen molar-refractivity contribution in [3.63, 3.8) is 0 Å². The van der Waals surface area contributed by atoms with E-state index in [1.165, 1.54) is 0 Å². The van der Waals surface area contributed by atoms with Gasteiger partial charge in [-0.1, -0.05) is 0 Å². The highest BCUT2D eigenvalue weighted by Crippen LogP contribution is 1.81. The number of aliphatic hydroxyl groups excluding tert-OH is 1. The predicted molar refractivity (Wildman–Crippen MR) is 40.7 cm³/mol. The van der Waals surface area contributed by atoms with E-state index in [0.717, 1.165) is 0 Å². The van der Waals surface area contributed by atoms with Crippen LogP contribution in [-0.2, 0) is 14.4 Å². The van der Waals surface area contributed by atoms with E-state index in [1.807, 2.05) is 10.6 Å². The standard InChI is InChI=1S/C6H10N2O5/c9-2-4(6(12)13)8-5(11)1-7-3-10/h3-4,9H,1-2H2,(H,7,10)(H,8,11)(H,12,13). The predicted octanol–water partition coefficient (Wildman–Crippen LogP) is -2.71. The maximum absolute atomic E-state index is 10.8. The van der Waals surface area contributed by atoms with Crippen LogP contribution in [0.4, 0.5) is 0 Å². The number of carbonyl (C=O) groups excluding carboxylic acids is 2. The molecule has 0 radical (unpaired) electrons. The molecule has 1 unspecified atom stereocenters. The number of nitrogens with one attached hydrogen (secondary N) is 2. The number of amides is 2. The molecule has 0 saturated heterocycles. The van der Waals surface area contributed by atoms with Crippen molar-refractivity contribution in [2.75, 3.05) is 13.2 Å². The van der Waals surface area contributed by atoms with E-state index in [0.29, 0.717) is 6.41 Å². The van der Waals surface area contributed by atoms with Crippen LogP contribution in [0.1, 0.15) is 0 Å². The molecule has 0 spiro atoms. The second kappa shape index (κ2) is 5.95. The molecule has 0 rings (SSSR count). The largest absolute Gasteiger partial charge is 0.480 e. The first-order chi connectivity index (χ1) is 6.11. The number of carboxylic acid groups (broad SMARTS) is 1. The summed E-state index contributed by atoms with van der Waals surface area (Å²) in [6.45, 7) is -1.00. The van der Waals surface area contributed by atoms with Crippen molar-refractivity contribution < 1.29 is 24.6 Å². The summed E-state index contributed by atoms with van der Waals surface area (Å²) in [5.41, 5.74) is 0. The Morgan fingerprint density at radius 2 is 2.08 bits per heavy atom. The molecule has 4 N–H and O–H groups in total. The van der Waals surface area contributed by atoms with Crippen LogP contribution in [0.2, 0.25) is 0 Å². The van der Waals surface area contributed by atoms with Crippen LogP contribution in [0.5, 0.6) is 0 Å². The van der Waals surface area contributed by atoms with Crippen LogP contribution >= 0.6 is 0 Å². The van der Waals surface area contributed by atoms with Crippen LogP contribution in [0.3, 0.4) is 0 Å². The number of aliphatic hydroxyl groups is 1. The average Bonchev–Trinajstić information content (AvgIpc) is 2.10. The summed E-state index contributed by atoms with van der Waals surface area (Å²) in [5, 5.41) is 20.9. The molecule has 74 valence electrons. The monoisotopic (exact) mass is 190 g/mol. The van der Waals surface area contributed by atoms with E-state index in [9.17, 15) is 14.4 Å². The van der Waals surface area contributed by atoms with Crippen molar-refractivity contribution >= 4 is 18.3 Å². The van der Waals surface area contributed by atoms with E-state index in [4.69, 9.17) is 10.2 Å². The zero-order chi connectivity index (χ0) is 10.3. The summed E-state index contributed by atoms with van der Waals surface area (Å²) in [6, 6.07) is -1.33. The molecule has 2 amide bonds. The fourth-order valence-electron chi connectivity index (χ4n) is 0.565. The molecule has 7 nitrogen and oxygen atoms in total. The Hall–Kier alpha value is -1.63. The van der Waals surface area contributed by atoms with Crippen molar-refractivity contribution in [2.45, 2.75) is 6.04 Å². The third kappa shape index (κ3) is 4.75. The molecule has 0 aromatic rings. The maximum atomic E-state index is 10.8. The van der Waals surface area contributed by atoms with E-state index in [-0.39, 0.29) is 6.54 Å². The van der Waals surface area contributed by atoms with Gasteiger partial charge < -0.3 is 20.8 Å². The van der Waals surface area contributed by atoms with Gasteiger partial charge in [-0.05, 0) is 0 Å². The smallest absolute Gasteiger partial charge is 0.328 e. The maximum Gasteiger partial charge on any atom is 0.328 e. The van der Waals surface area contributed by atoms with E-state index < -0.39 is 24.5 Å². The number of hydrogen-bond donors (Lipinski definition) is 4. The molecule has 7 heteroatoms. The second-order valence-corrected chi connectivity index (χ2v) is 2.14. The average molecular weight is 190 g/mol. The number of rotatable bonds is 6. The van der Waals surface area contributed by atoms with Gasteiger partial charge in [-0.3, -0.25) is 9.59 Å². The molecule has 1 atom stereocenters. The van der Waals surface area contributed by atoms with Gasteiger partial charge in [0.25, 0.3) is 0 Å². The number of carboxylic acids is 1. The quantitative estimate of drug-likeness (QED) is 0.340. The van der Waals surface area contributed by atoms with Gasteiger partial charge in [-0.15, -0.1) is 0 Å². The molecule has 0 saturated carbocycles. The van der Waals surface area contributed by atoms with Crippen LogP contribution in [-0.4, -0.2) is 47.7 Å². The first-order valence-corrected chi connectivity index (χ1v) is 3.42. The number of aliphatic carboxylic acids is 1. The Kier molecular flexibility index (Phi) is 5.20. The second-order valence-electron chi connectivity index (χ2n) is 2.14. The lowest BCUT2D eigenvalue weighted by molar-refractivity contribution is -0.142. The highest BCUT2D eigenvalue weighted by Gasteiger charge is 2.17. The number of hydrogen-bond acceptors (Lipinski definition) is 4. The van der Waals surface area contributed by atoms with Gasteiger partial charge in [-0.25, -0.2) is 4.79 Å². The lowest BCUT2D eigenvalue weighted by atomic mass is 10.3. The summed E-state index contributed by atoms with van der Waals surface area (Å²) in [4.78, 5) is 30.8. The van der Waals surface area contributed by atoms with Crippen LogP contribution in [0, 0.1) is 0 Å². The Labute approximate surface area is 73.7 Å². The van der Waals surface area contributed by atoms with Gasteiger partial charge in [0.15, 0.2) is 0 Å². The third-order valence-corrected chi connectivity index (χ3v) is 1.16. The minimum absolute atomic E-state index is 0.312. The van der Waals surface area contributed by atoms with E-state index in [1.54, 1.807) is 0 Å². The third-order valence-electron chi connectivity index (χ3n) is 1.16. The first-order valence-electron chi connectivity index (χ1n) is 3.42. The Bertz CT molecular complexity index is 205. The van der Waals surface area contributed by atoms with Crippen LogP contribution in [0.25, 0.3) is 0 Å². The lowest BCUT2D eigenvalue weighted by Gasteiger charge is -2.10. The molecule has 0 aliphatic carbocycles. The highest BCUT2D eigenvalue weighted by atomic mass is 16.4. The lowest BCUT2D eigenvalue weighted by Crippen LogP contribution is -2.46. The summed E-state index contributed by atoms with van der Waals surface area (Å²) < 4.78 is 0. The summed E-state index contributed by atoms with van der Waals surface area (Å²) >= 11 is 0. The molecule has 0 heterocycles. The fourth-order valence-corrected chi connectivity index (χ4v) is 0.565. The van der Waals surface area contributed by atoms with Gasteiger partial charge in [0.2, 0.25) is 12.3 Å². The highest BCUT2D eigenvalue weighted by molar-refractivity contribution is 5.85. The minimum atomic E-state index is -1.33. The Balaban J connectivity index is 3.86. The molecule has 0 bridgehead atoms. The van der Waals surface area contributed by atoms with Gasteiger partial charge >= 0.3 is 5.97 Å². The summed E-state index contributed by atoms with van der Waals surface area (Å²) in [6.07, 6.45) is 0.314. The van der Waals surface area contributed by atoms with Crippen molar-refractivity contribution in [3.05, 3.63) is 0 Å². The van der Waals surface area contributed by atoms with Gasteiger partial charge in [-0.2, -0.15) is 0 Å². The van der Waals surface area contributed by atoms with Crippen molar-refractivity contribution in [3.8, 4) is 0 Å². The summed E-state index contributed by atoms with van der Waals surface area (Å²) in [7, 11) is 0. The van der Waals surface area contributed by atoms with Crippen molar-refractivity contribution in [1.82, 2.24) is 10.6 Å². The molecule has 0 aliphatic rings. The fraction of sp³-hybridized carbons (Fsp3) is 0.500. The van der Waals surface area contributed by atoms with Gasteiger partial charge in [0, 0.05) is 0 Å². The first kappa shape index (κ1) is 11.4. The number of carbonyl (C=O) groups is 3. The minimum Gasteiger partial charge on any atom is -0.480 e. The zero-order valence-electron chi connectivity index (χ0n) is 6.69. The van der Waals surface area contributed by atoms with E-state index >= 15 is 0 Å². The van der Waals surface area contributed by atoms with Crippen molar-refractivity contribution in [2.24, 2.45) is 0 Å². The van der Waals surface area contributed by atoms with Gasteiger partial charge in [0.05, 0.1) is 13.2 Å². The molecule has 0 aliphatic heterocycles. The topological polar surface area (TPSA) is 116 Å². The summed E-state index contributed by atoms with van der Waals surface area (Å²) in [5.74, 6) is -2.00. The molecular formula is C6H10N2O5. The normalized spacial score (nSPS) is 11.5. The Morgan fingerprint density at radius 3 is 2.46 bits per heavy atom. The van der Waals surface area contributed by atoms with Gasteiger partial charge in [0.1, 0.15) is 6.04 Å². The Morgan fingerprint density at radius 1 is 1.46 bits per heavy atom. The molecule has 0 aromatic heterocycles. The molecular weight excluding hydrogens is 180 g/mol. The molecule has 0 aromatic carbocycles. The molecule has 0 fully saturated rings. The SMILES string of the molecule is O=CNCC(=O)NC(CO)C(=O)O.